The van der Waals surface area contributed by atoms with E-state index in [-0.39, 0.29) is 4.90 Å². The predicted molar refractivity (Wildman–Crippen MR) is 111 cm³/mol. The van der Waals surface area contributed by atoms with Crippen LogP contribution in [-0.4, -0.2) is 25.1 Å². The van der Waals surface area contributed by atoms with Crippen LogP contribution >= 0.6 is 11.3 Å². The van der Waals surface area contributed by atoms with Gasteiger partial charge in [-0.3, -0.25) is 15.6 Å². The van der Waals surface area contributed by atoms with E-state index >= 15 is 0 Å². The molecule has 4 rings (SSSR count). The fourth-order valence-corrected chi connectivity index (χ4v) is 5.42. The van der Waals surface area contributed by atoms with E-state index in [2.05, 4.69) is 28.0 Å². The van der Waals surface area contributed by atoms with Crippen molar-refractivity contribution in [2.75, 3.05) is 11.2 Å². The van der Waals surface area contributed by atoms with Gasteiger partial charge in [0.05, 0.1) is 15.1 Å². The van der Waals surface area contributed by atoms with Crippen molar-refractivity contribution >= 4 is 42.4 Å². The summed E-state index contributed by atoms with van der Waals surface area (Å²) in [7, 11) is -3.69. The first-order valence-electron chi connectivity index (χ1n) is 9.18. The van der Waals surface area contributed by atoms with Crippen LogP contribution in [0.1, 0.15) is 29.5 Å². The van der Waals surface area contributed by atoms with Crippen LogP contribution < -0.4 is 10.9 Å². The molecule has 2 aromatic carbocycles. The molecule has 0 aliphatic heterocycles. The fraction of sp³-hybridized carbons (Fsp3) is 0.300. The van der Waals surface area contributed by atoms with Crippen molar-refractivity contribution in [2.24, 2.45) is 0 Å². The van der Waals surface area contributed by atoms with Crippen LogP contribution in [0.4, 0.5) is 5.13 Å². The lowest BCUT2D eigenvalue weighted by molar-refractivity contribution is -0.118. The number of fused-ring (bicyclic) bond motifs is 3. The standard InChI is InChI=1S/C20H21N3O3S2/c1-13-6-9-15(10-7-13)28(25,26)12-18(24)22-23-20-21-19-16-5-3-2-4-14(16)8-11-17(19)27-20/h6-11H,2-5,12H2,1H3,(H,21,23)(H,22,24). The van der Waals surface area contributed by atoms with Crippen molar-refractivity contribution in [1.29, 1.82) is 0 Å². The summed E-state index contributed by atoms with van der Waals surface area (Å²) in [6.07, 6.45) is 4.48. The Balaban J connectivity index is 1.44. The Morgan fingerprint density at radius 3 is 2.64 bits per heavy atom. The van der Waals surface area contributed by atoms with Gasteiger partial charge in [-0.1, -0.05) is 35.1 Å². The van der Waals surface area contributed by atoms with E-state index in [4.69, 9.17) is 0 Å². The molecule has 146 valence electrons. The lowest BCUT2D eigenvalue weighted by Gasteiger charge is -2.15. The second-order valence-corrected chi connectivity index (χ2v) is 10.0. The third-order valence-electron chi connectivity index (χ3n) is 4.90. The molecule has 1 aliphatic carbocycles. The van der Waals surface area contributed by atoms with Crippen LogP contribution in [0.5, 0.6) is 0 Å². The zero-order chi connectivity index (χ0) is 19.7. The molecule has 6 nitrogen and oxygen atoms in total. The molecule has 0 saturated carbocycles. The zero-order valence-corrected chi connectivity index (χ0v) is 17.1. The Labute approximate surface area is 167 Å². The van der Waals surface area contributed by atoms with E-state index in [9.17, 15) is 13.2 Å². The molecule has 2 N–H and O–H groups in total. The minimum absolute atomic E-state index is 0.139. The van der Waals surface area contributed by atoms with Crippen molar-refractivity contribution in [3.05, 3.63) is 53.1 Å². The summed E-state index contributed by atoms with van der Waals surface area (Å²) in [6, 6.07) is 10.7. The number of benzene rings is 2. The van der Waals surface area contributed by atoms with Crippen molar-refractivity contribution in [3.8, 4) is 0 Å². The highest BCUT2D eigenvalue weighted by molar-refractivity contribution is 7.92. The molecule has 3 aromatic rings. The van der Waals surface area contributed by atoms with Crippen molar-refractivity contribution in [3.63, 3.8) is 0 Å². The molecule has 0 saturated heterocycles. The molecule has 1 amide bonds. The Morgan fingerprint density at radius 1 is 1.11 bits per heavy atom. The predicted octanol–water partition coefficient (Wildman–Crippen LogP) is 3.40. The van der Waals surface area contributed by atoms with Gasteiger partial charge in [0.2, 0.25) is 5.13 Å². The second-order valence-electron chi connectivity index (χ2n) is 7.02. The highest BCUT2D eigenvalue weighted by Crippen LogP contribution is 2.33. The first kappa shape index (κ1) is 18.9. The molecule has 0 radical (unpaired) electrons. The number of nitrogens with zero attached hydrogens (tertiary/aromatic N) is 1. The molecule has 1 heterocycles. The van der Waals surface area contributed by atoms with E-state index in [0.717, 1.165) is 28.6 Å². The van der Waals surface area contributed by atoms with Gasteiger partial charge in [-0.25, -0.2) is 13.4 Å². The van der Waals surface area contributed by atoms with E-state index in [1.807, 2.05) is 6.92 Å². The first-order valence-corrected chi connectivity index (χ1v) is 11.6. The van der Waals surface area contributed by atoms with Crippen molar-refractivity contribution < 1.29 is 13.2 Å². The Morgan fingerprint density at radius 2 is 1.86 bits per heavy atom. The van der Waals surface area contributed by atoms with Gasteiger partial charge in [0.1, 0.15) is 5.75 Å². The topological polar surface area (TPSA) is 88.2 Å². The molecule has 28 heavy (non-hydrogen) atoms. The number of aromatic nitrogens is 1. The normalized spacial score (nSPS) is 13.9. The first-order chi connectivity index (χ1) is 13.4. The number of nitrogens with one attached hydrogen (secondary N) is 2. The maximum atomic E-state index is 12.4. The Bertz CT molecular complexity index is 1140. The van der Waals surface area contributed by atoms with Gasteiger partial charge in [0, 0.05) is 0 Å². The third-order valence-corrected chi connectivity index (χ3v) is 7.46. The number of rotatable bonds is 5. The lowest BCUT2D eigenvalue weighted by Crippen LogP contribution is -2.34. The van der Waals surface area contributed by atoms with Crippen LogP contribution in [0.15, 0.2) is 41.3 Å². The van der Waals surface area contributed by atoms with E-state index in [1.54, 1.807) is 12.1 Å². The molecule has 0 unspecified atom stereocenters. The number of hydrazine groups is 1. The Kier molecular flexibility index (Phi) is 5.07. The maximum absolute atomic E-state index is 12.4. The molecule has 0 bridgehead atoms. The van der Waals surface area contributed by atoms with E-state index in [0.29, 0.717) is 5.13 Å². The van der Waals surface area contributed by atoms with Gasteiger partial charge in [0.15, 0.2) is 9.84 Å². The van der Waals surface area contributed by atoms with Gasteiger partial charge >= 0.3 is 0 Å². The van der Waals surface area contributed by atoms with Gasteiger partial charge < -0.3 is 0 Å². The van der Waals surface area contributed by atoms with Crippen molar-refractivity contribution in [2.45, 2.75) is 37.5 Å². The number of aryl methyl sites for hydroxylation is 3. The van der Waals surface area contributed by atoms with Crippen LogP contribution in [0.2, 0.25) is 0 Å². The molecule has 8 heteroatoms. The van der Waals surface area contributed by atoms with Crippen LogP contribution in [0.25, 0.3) is 10.2 Å². The van der Waals surface area contributed by atoms with Crippen molar-refractivity contribution in [1.82, 2.24) is 10.4 Å². The van der Waals surface area contributed by atoms with Crippen LogP contribution in [-0.2, 0) is 27.5 Å². The van der Waals surface area contributed by atoms with Crippen LogP contribution in [0.3, 0.4) is 0 Å². The monoisotopic (exact) mass is 415 g/mol. The summed E-state index contributed by atoms with van der Waals surface area (Å²) in [4.78, 5) is 16.9. The summed E-state index contributed by atoms with van der Waals surface area (Å²) in [5.41, 5.74) is 9.81. The SMILES string of the molecule is Cc1ccc(S(=O)(=O)CC(=O)NNc2nc3c4c(ccc3s2)CCCC4)cc1. The molecular formula is C20H21N3O3S2. The molecule has 1 aromatic heterocycles. The average molecular weight is 416 g/mol. The number of anilines is 1. The number of amides is 1. The number of thiazole rings is 1. The van der Waals surface area contributed by atoms with Gasteiger partial charge in [-0.2, -0.15) is 0 Å². The minimum Gasteiger partial charge on any atom is -0.273 e. The molecular weight excluding hydrogens is 394 g/mol. The quantitative estimate of drug-likeness (QED) is 0.624. The maximum Gasteiger partial charge on any atom is 0.253 e. The number of sulfone groups is 1. The minimum atomic E-state index is -3.69. The smallest absolute Gasteiger partial charge is 0.253 e. The highest BCUT2D eigenvalue weighted by atomic mass is 32.2. The summed E-state index contributed by atoms with van der Waals surface area (Å²) < 4.78 is 25.8. The molecule has 1 aliphatic rings. The molecule has 0 atom stereocenters. The summed E-state index contributed by atoms with van der Waals surface area (Å²) in [5.74, 6) is -1.24. The average Bonchev–Trinajstić information content (AvgIpc) is 3.10. The number of hydrogen-bond donors (Lipinski definition) is 2. The van der Waals surface area contributed by atoms with Gasteiger partial charge in [-0.15, -0.1) is 0 Å². The third kappa shape index (κ3) is 3.88. The zero-order valence-electron chi connectivity index (χ0n) is 15.5. The van der Waals surface area contributed by atoms with Crippen LogP contribution in [0, 0.1) is 6.92 Å². The molecule has 0 fully saturated rings. The van der Waals surface area contributed by atoms with Gasteiger partial charge in [-0.05, 0) is 61.9 Å². The molecule has 0 spiro atoms. The number of carbonyl (C=O) groups excluding carboxylic acids is 1. The fourth-order valence-electron chi connectivity index (χ4n) is 3.43. The summed E-state index contributed by atoms with van der Waals surface area (Å²) in [6.45, 7) is 1.88. The lowest BCUT2D eigenvalue weighted by atomic mass is 9.91. The number of carbonyl (C=O) groups is 1. The van der Waals surface area contributed by atoms with E-state index in [1.165, 1.54) is 47.4 Å². The second kappa shape index (κ2) is 7.52. The summed E-state index contributed by atoms with van der Waals surface area (Å²) in [5, 5.41) is 0.551. The Hall–Kier alpha value is -2.45. The summed E-state index contributed by atoms with van der Waals surface area (Å²) >= 11 is 1.44. The number of hydrogen-bond acceptors (Lipinski definition) is 6. The highest BCUT2D eigenvalue weighted by Gasteiger charge is 2.20. The van der Waals surface area contributed by atoms with E-state index < -0.39 is 21.5 Å². The largest absolute Gasteiger partial charge is 0.273 e. The van der Waals surface area contributed by atoms with Gasteiger partial charge in [0.25, 0.3) is 5.91 Å².